The van der Waals surface area contributed by atoms with Gasteiger partial charge < -0.3 is 15.4 Å². The topological polar surface area (TPSA) is 55.6 Å². The first kappa shape index (κ1) is 12.4. The summed E-state index contributed by atoms with van der Waals surface area (Å²) in [5, 5.41) is 0. The maximum absolute atomic E-state index is 11.4. The van der Waals surface area contributed by atoms with Crippen LogP contribution in [0.15, 0.2) is 18.2 Å². The van der Waals surface area contributed by atoms with Crippen molar-refractivity contribution >= 4 is 17.3 Å². The molecule has 2 N–H and O–H groups in total. The Bertz CT molecular complexity index is 377. The Morgan fingerprint density at radius 3 is 2.75 bits per heavy atom. The lowest BCUT2D eigenvalue weighted by Gasteiger charge is -2.19. The lowest BCUT2D eigenvalue weighted by atomic mass is 10.1. The number of anilines is 2. The van der Waals surface area contributed by atoms with E-state index in [0.717, 1.165) is 18.7 Å². The van der Waals surface area contributed by atoms with E-state index in [1.165, 1.54) is 7.11 Å². The summed E-state index contributed by atoms with van der Waals surface area (Å²) in [6, 6.07) is 5.39. The summed E-state index contributed by atoms with van der Waals surface area (Å²) >= 11 is 0. The van der Waals surface area contributed by atoms with Gasteiger partial charge in [0.2, 0.25) is 0 Å². The van der Waals surface area contributed by atoms with E-state index in [9.17, 15) is 4.79 Å². The van der Waals surface area contributed by atoms with Gasteiger partial charge in [-0.2, -0.15) is 0 Å². The molecule has 0 aliphatic heterocycles. The fraction of sp³-hybridized carbons (Fsp3) is 0.417. The molecule has 4 heteroatoms. The van der Waals surface area contributed by atoms with Gasteiger partial charge in [0, 0.05) is 25.0 Å². The SMILES string of the molecule is CCCN(C)c1ccc(N)c(C(=O)OC)c1. The van der Waals surface area contributed by atoms with Gasteiger partial charge in [0.1, 0.15) is 0 Å². The smallest absolute Gasteiger partial charge is 0.340 e. The summed E-state index contributed by atoms with van der Waals surface area (Å²) in [5.41, 5.74) is 7.55. The number of rotatable bonds is 4. The first-order valence-electron chi connectivity index (χ1n) is 5.29. The largest absolute Gasteiger partial charge is 0.465 e. The monoisotopic (exact) mass is 222 g/mol. The molecular formula is C12H18N2O2. The van der Waals surface area contributed by atoms with Gasteiger partial charge in [-0.05, 0) is 24.6 Å². The molecule has 0 saturated carbocycles. The number of carbonyl (C=O) groups excluding carboxylic acids is 1. The molecule has 0 aliphatic rings. The molecule has 4 nitrogen and oxygen atoms in total. The van der Waals surface area contributed by atoms with E-state index in [1.54, 1.807) is 12.1 Å². The number of nitrogens with two attached hydrogens (primary N) is 1. The molecular weight excluding hydrogens is 204 g/mol. The molecule has 1 aromatic carbocycles. The van der Waals surface area contributed by atoms with Crippen LogP contribution in [0.25, 0.3) is 0 Å². The van der Waals surface area contributed by atoms with E-state index in [-0.39, 0.29) is 0 Å². The molecule has 88 valence electrons. The van der Waals surface area contributed by atoms with Crippen LogP contribution in [0.4, 0.5) is 11.4 Å². The first-order chi connectivity index (χ1) is 7.60. The van der Waals surface area contributed by atoms with Crippen molar-refractivity contribution in [2.45, 2.75) is 13.3 Å². The quantitative estimate of drug-likeness (QED) is 0.624. The molecule has 0 atom stereocenters. The third-order valence-electron chi connectivity index (χ3n) is 2.44. The highest BCUT2D eigenvalue weighted by Crippen LogP contribution is 2.21. The van der Waals surface area contributed by atoms with Crippen molar-refractivity contribution < 1.29 is 9.53 Å². The molecule has 0 bridgehead atoms. The number of hydrogen-bond donors (Lipinski definition) is 1. The number of ether oxygens (including phenoxy) is 1. The minimum absolute atomic E-state index is 0.399. The molecule has 1 aromatic rings. The molecule has 0 amide bonds. The van der Waals surface area contributed by atoms with Crippen molar-refractivity contribution in [3.8, 4) is 0 Å². The van der Waals surface area contributed by atoms with E-state index in [4.69, 9.17) is 5.73 Å². The lowest BCUT2D eigenvalue weighted by Crippen LogP contribution is -2.18. The zero-order valence-electron chi connectivity index (χ0n) is 9.99. The van der Waals surface area contributed by atoms with Gasteiger partial charge in [0.25, 0.3) is 0 Å². The molecule has 0 saturated heterocycles. The van der Waals surface area contributed by atoms with Gasteiger partial charge in [-0.15, -0.1) is 0 Å². The fourth-order valence-electron chi connectivity index (χ4n) is 1.53. The van der Waals surface area contributed by atoms with Crippen LogP contribution >= 0.6 is 0 Å². The molecule has 16 heavy (non-hydrogen) atoms. The van der Waals surface area contributed by atoms with Crippen molar-refractivity contribution in [3.63, 3.8) is 0 Å². The van der Waals surface area contributed by atoms with E-state index >= 15 is 0 Å². The van der Waals surface area contributed by atoms with Gasteiger partial charge in [-0.3, -0.25) is 0 Å². The minimum Gasteiger partial charge on any atom is -0.465 e. The van der Waals surface area contributed by atoms with Crippen LogP contribution in [0, 0.1) is 0 Å². The average molecular weight is 222 g/mol. The number of nitrogen functional groups attached to an aromatic ring is 1. The van der Waals surface area contributed by atoms with Gasteiger partial charge in [0.15, 0.2) is 0 Å². The first-order valence-corrected chi connectivity index (χ1v) is 5.29. The van der Waals surface area contributed by atoms with E-state index < -0.39 is 5.97 Å². The second-order valence-corrected chi connectivity index (χ2v) is 3.68. The Hall–Kier alpha value is -1.71. The number of esters is 1. The molecule has 0 unspecified atom stereocenters. The van der Waals surface area contributed by atoms with Gasteiger partial charge in [0.05, 0.1) is 12.7 Å². The van der Waals surface area contributed by atoms with Crippen LogP contribution in [0.5, 0.6) is 0 Å². The van der Waals surface area contributed by atoms with E-state index in [0.29, 0.717) is 11.3 Å². The third-order valence-corrected chi connectivity index (χ3v) is 2.44. The standard InChI is InChI=1S/C12H18N2O2/c1-4-7-14(2)9-5-6-11(13)10(8-9)12(15)16-3/h5-6,8H,4,7,13H2,1-3H3. The van der Waals surface area contributed by atoms with Gasteiger partial charge >= 0.3 is 5.97 Å². The van der Waals surface area contributed by atoms with Crippen LogP contribution in [-0.2, 0) is 4.74 Å². The maximum Gasteiger partial charge on any atom is 0.340 e. The van der Waals surface area contributed by atoms with Gasteiger partial charge in [-0.1, -0.05) is 6.92 Å². The van der Waals surface area contributed by atoms with Crippen molar-refractivity contribution in [2.24, 2.45) is 0 Å². The minimum atomic E-state index is -0.399. The van der Waals surface area contributed by atoms with Crippen LogP contribution < -0.4 is 10.6 Å². The Labute approximate surface area is 96.0 Å². The van der Waals surface area contributed by atoms with Crippen LogP contribution in [0.2, 0.25) is 0 Å². The van der Waals surface area contributed by atoms with Crippen molar-refractivity contribution in [2.75, 3.05) is 31.3 Å². The highest BCUT2D eigenvalue weighted by molar-refractivity contribution is 5.96. The fourth-order valence-corrected chi connectivity index (χ4v) is 1.53. The van der Waals surface area contributed by atoms with Crippen LogP contribution in [-0.4, -0.2) is 26.7 Å². The Morgan fingerprint density at radius 1 is 1.50 bits per heavy atom. The summed E-state index contributed by atoms with van der Waals surface area (Å²) in [6.07, 6.45) is 1.05. The normalized spacial score (nSPS) is 9.94. The summed E-state index contributed by atoms with van der Waals surface area (Å²) < 4.78 is 4.67. The zero-order chi connectivity index (χ0) is 12.1. The Kier molecular flexibility index (Phi) is 4.17. The van der Waals surface area contributed by atoms with Crippen molar-refractivity contribution in [1.29, 1.82) is 0 Å². The highest BCUT2D eigenvalue weighted by Gasteiger charge is 2.11. The molecule has 0 fully saturated rings. The van der Waals surface area contributed by atoms with Crippen molar-refractivity contribution in [1.82, 2.24) is 0 Å². The Balaban J connectivity index is 3.02. The average Bonchev–Trinajstić information content (AvgIpc) is 2.29. The molecule has 0 radical (unpaired) electrons. The highest BCUT2D eigenvalue weighted by atomic mass is 16.5. The number of benzene rings is 1. The van der Waals surface area contributed by atoms with Crippen LogP contribution in [0.1, 0.15) is 23.7 Å². The maximum atomic E-state index is 11.4. The molecule has 0 aliphatic carbocycles. The van der Waals surface area contributed by atoms with Crippen LogP contribution in [0.3, 0.4) is 0 Å². The molecule has 0 heterocycles. The predicted molar refractivity (Wildman–Crippen MR) is 65.8 cm³/mol. The lowest BCUT2D eigenvalue weighted by molar-refractivity contribution is 0.0602. The Morgan fingerprint density at radius 2 is 2.19 bits per heavy atom. The predicted octanol–water partition coefficient (Wildman–Crippen LogP) is 1.90. The van der Waals surface area contributed by atoms with Crippen molar-refractivity contribution in [3.05, 3.63) is 23.8 Å². The summed E-state index contributed by atoms with van der Waals surface area (Å²) in [5.74, 6) is -0.399. The second-order valence-electron chi connectivity index (χ2n) is 3.68. The number of hydrogen-bond acceptors (Lipinski definition) is 4. The number of methoxy groups -OCH3 is 1. The molecule has 0 spiro atoms. The van der Waals surface area contributed by atoms with Gasteiger partial charge in [-0.25, -0.2) is 4.79 Å². The molecule has 0 aromatic heterocycles. The summed E-state index contributed by atoms with van der Waals surface area (Å²) in [6.45, 7) is 3.04. The third kappa shape index (κ3) is 2.66. The van der Waals surface area contributed by atoms with E-state index in [1.807, 2.05) is 13.1 Å². The summed E-state index contributed by atoms with van der Waals surface area (Å²) in [7, 11) is 3.33. The zero-order valence-corrected chi connectivity index (χ0v) is 9.99. The number of carbonyl (C=O) groups is 1. The van der Waals surface area contributed by atoms with E-state index in [2.05, 4.69) is 16.6 Å². The second kappa shape index (κ2) is 5.39. The molecule has 1 rings (SSSR count). The summed E-state index contributed by atoms with van der Waals surface area (Å²) in [4.78, 5) is 13.5. The number of nitrogens with zero attached hydrogens (tertiary/aromatic N) is 1.